The quantitative estimate of drug-likeness (QED) is 0.389. The minimum absolute atomic E-state index is 0.163. The second-order valence-electron chi connectivity index (χ2n) is 6.85. The maximum Gasteiger partial charge on any atom is 0.306 e. The summed E-state index contributed by atoms with van der Waals surface area (Å²) in [5.74, 6) is -1.11. The minimum atomic E-state index is -0.808. The number of nitrogens with two attached hydrogens (primary N) is 1. The molecule has 0 fully saturated rings. The van der Waals surface area contributed by atoms with E-state index >= 15 is 0 Å². The van der Waals surface area contributed by atoms with Crippen LogP contribution < -0.4 is 5.73 Å². The number of carboxylic acids is 1. The molecule has 1 aromatic heterocycles. The van der Waals surface area contributed by atoms with Crippen molar-refractivity contribution < 1.29 is 15.0 Å². The van der Waals surface area contributed by atoms with E-state index in [2.05, 4.69) is 0 Å². The molecule has 29 heavy (non-hydrogen) atoms. The second-order valence-corrected chi connectivity index (χ2v) is 6.85. The molecule has 1 unspecified atom stereocenters. The summed E-state index contributed by atoms with van der Waals surface area (Å²) in [6, 6.07) is 10.3. The Kier molecular flexibility index (Phi) is 5.82. The topological polar surface area (TPSA) is 120 Å². The number of nitrogen functional groups attached to an aromatic ring is 1. The van der Waals surface area contributed by atoms with Gasteiger partial charge in [0.05, 0.1) is 17.1 Å². The van der Waals surface area contributed by atoms with Gasteiger partial charge in [-0.25, -0.2) is 4.98 Å². The normalized spacial score (nSPS) is 15.2. The lowest BCUT2D eigenvalue weighted by Crippen LogP contribution is -2.23. The zero-order valence-electron chi connectivity index (χ0n) is 16.6. The van der Waals surface area contributed by atoms with Gasteiger partial charge in [0.25, 0.3) is 0 Å². The molecule has 3 aromatic rings. The molecule has 0 saturated carbocycles. The fourth-order valence-corrected chi connectivity index (χ4v) is 3.90. The van der Waals surface area contributed by atoms with Gasteiger partial charge in [-0.15, -0.1) is 0 Å². The van der Waals surface area contributed by atoms with Crippen LogP contribution in [0.1, 0.15) is 37.0 Å². The predicted octanol–water partition coefficient (Wildman–Crippen LogP) is 4.40. The number of nitrogens with one attached hydrogen (secondary N) is 1. The van der Waals surface area contributed by atoms with Gasteiger partial charge in [0, 0.05) is 28.4 Å². The monoisotopic (exact) mass is 391 g/mol. The molecule has 6 heteroatoms. The number of phenols is 1. The number of aliphatic carboxylic acids is 1. The molecule has 4 rings (SSSR count). The van der Waals surface area contributed by atoms with Crippen LogP contribution in [0.5, 0.6) is 5.75 Å². The third-order valence-electron chi connectivity index (χ3n) is 5.27. The summed E-state index contributed by atoms with van der Waals surface area (Å²) in [6.07, 6.45) is 2.77. The first-order valence-electron chi connectivity index (χ1n) is 9.76. The Morgan fingerprint density at radius 2 is 1.86 bits per heavy atom. The van der Waals surface area contributed by atoms with Gasteiger partial charge >= 0.3 is 5.97 Å². The Morgan fingerprint density at radius 1 is 1.17 bits per heavy atom. The van der Waals surface area contributed by atoms with Crippen molar-refractivity contribution in [3.8, 4) is 17.0 Å². The Balaban J connectivity index is 0.00000117. The van der Waals surface area contributed by atoms with E-state index in [1.165, 1.54) is 6.21 Å². The fraction of sp³-hybridized carbons (Fsp3) is 0.261. The van der Waals surface area contributed by atoms with Gasteiger partial charge in [0.15, 0.2) is 0 Å². The largest absolute Gasteiger partial charge is 0.508 e. The van der Waals surface area contributed by atoms with E-state index in [0.29, 0.717) is 30.5 Å². The van der Waals surface area contributed by atoms with Gasteiger partial charge in [-0.1, -0.05) is 13.8 Å². The van der Waals surface area contributed by atoms with E-state index in [-0.39, 0.29) is 5.75 Å². The van der Waals surface area contributed by atoms with E-state index in [1.807, 2.05) is 19.9 Å². The number of fused-ring (bicyclic) bond motifs is 3. The number of hydrogen-bond acceptors (Lipinski definition) is 5. The number of pyridine rings is 1. The zero-order chi connectivity index (χ0) is 21.1. The van der Waals surface area contributed by atoms with Crippen molar-refractivity contribution in [2.75, 3.05) is 5.73 Å². The van der Waals surface area contributed by atoms with Gasteiger partial charge in [-0.2, -0.15) is 0 Å². The van der Waals surface area contributed by atoms with Crippen molar-refractivity contribution in [2.45, 2.75) is 33.1 Å². The summed E-state index contributed by atoms with van der Waals surface area (Å²) >= 11 is 0. The Hall–Kier alpha value is -3.41. The predicted molar refractivity (Wildman–Crippen MR) is 116 cm³/mol. The number of benzene rings is 2. The van der Waals surface area contributed by atoms with Crippen LogP contribution in [0.3, 0.4) is 0 Å². The first kappa shape index (κ1) is 20.3. The lowest BCUT2D eigenvalue weighted by Gasteiger charge is -2.26. The molecule has 1 aliphatic rings. The number of nitrogens with zero attached hydrogens (tertiary/aromatic N) is 1. The molecule has 1 aliphatic carbocycles. The smallest absolute Gasteiger partial charge is 0.306 e. The molecule has 0 spiro atoms. The van der Waals surface area contributed by atoms with Gasteiger partial charge in [0.1, 0.15) is 5.75 Å². The molecule has 0 bridgehead atoms. The first-order chi connectivity index (χ1) is 14.0. The van der Waals surface area contributed by atoms with Crippen molar-refractivity contribution in [3.05, 3.63) is 53.1 Å². The van der Waals surface area contributed by atoms with Crippen LogP contribution in [0.2, 0.25) is 0 Å². The molecule has 2 aromatic carbocycles. The number of carboxylic acid groups (broad SMARTS) is 1. The number of phenolic OH excluding ortho intramolecular Hbond substituents is 1. The highest BCUT2D eigenvalue weighted by atomic mass is 16.4. The standard InChI is InChI=1S/C21H19N3O3.C2H6/c22-10-16-17(23)7-8-18-19(16)14-6-3-12(21(26)27)9-15(14)20(24-18)11-1-4-13(25)5-2-11;1-2/h1-2,4-5,7-8,10,12,22,25H,3,6,9,23H2,(H,26,27);1-2H3. The molecule has 5 N–H and O–H groups in total. The molecule has 0 amide bonds. The van der Waals surface area contributed by atoms with E-state index < -0.39 is 11.9 Å². The maximum absolute atomic E-state index is 11.6. The molecular formula is C23H25N3O3. The van der Waals surface area contributed by atoms with Crippen LogP contribution >= 0.6 is 0 Å². The van der Waals surface area contributed by atoms with Crippen molar-refractivity contribution in [1.29, 1.82) is 5.41 Å². The maximum atomic E-state index is 11.6. The number of anilines is 1. The van der Waals surface area contributed by atoms with Crippen LogP contribution in [-0.4, -0.2) is 27.4 Å². The van der Waals surface area contributed by atoms with Crippen molar-refractivity contribution >= 4 is 28.8 Å². The van der Waals surface area contributed by atoms with E-state index in [9.17, 15) is 15.0 Å². The van der Waals surface area contributed by atoms with Gasteiger partial charge in [-0.05, 0) is 66.8 Å². The highest BCUT2D eigenvalue weighted by molar-refractivity contribution is 6.05. The van der Waals surface area contributed by atoms with Crippen LogP contribution in [0.15, 0.2) is 36.4 Å². The third-order valence-corrected chi connectivity index (χ3v) is 5.27. The minimum Gasteiger partial charge on any atom is -0.508 e. The van der Waals surface area contributed by atoms with E-state index in [4.69, 9.17) is 16.1 Å². The Bertz CT molecular complexity index is 1080. The number of hydrogen-bond donors (Lipinski definition) is 4. The zero-order valence-corrected chi connectivity index (χ0v) is 16.6. The molecule has 1 atom stereocenters. The molecule has 0 saturated heterocycles. The summed E-state index contributed by atoms with van der Waals surface area (Å²) in [5, 5.41) is 27.7. The SMILES string of the molecule is CC.N=Cc1c(N)ccc2nc(-c3ccc(O)cc3)c3c(c12)CCC(C(=O)O)C3. The van der Waals surface area contributed by atoms with Gasteiger partial charge < -0.3 is 21.4 Å². The summed E-state index contributed by atoms with van der Waals surface area (Å²) in [7, 11) is 0. The van der Waals surface area contributed by atoms with Crippen molar-refractivity contribution in [2.24, 2.45) is 5.92 Å². The Labute approximate surface area is 169 Å². The summed E-state index contributed by atoms with van der Waals surface area (Å²) < 4.78 is 0. The Morgan fingerprint density at radius 3 is 2.48 bits per heavy atom. The van der Waals surface area contributed by atoms with Crippen LogP contribution in [0, 0.1) is 11.3 Å². The fourth-order valence-electron chi connectivity index (χ4n) is 3.90. The average Bonchev–Trinajstić information content (AvgIpc) is 2.75. The second kappa shape index (κ2) is 8.31. The lowest BCUT2D eigenvalue weighted by molar-refractivity contribution is -0.142. The van der Waals surface area contributed by atoms with Crippen molar-refractivity contribution in [3.63, 3.8) is 0 Å². The number of rotatable bonds is 3. The van der Waals surface area contributed by atoms with Gasteiger partial charge in [-0.3, -0.25) is 4.79 Å². The number of aryl methyl sites for hydroxylation is 1. The lowest BCUT2D eigenvalue weighted by atomic mass is 9.79. The summed E-state index contributed by atoms with van der Waals surface area (Å²) in [4.78, 5) is 16.4. The molecule has 1 heterocycles. The van der Waals surface area contributed by atoms with E-state index in [0.717, 1.165) is 33.3 Å². The van der Waals surface area contributed by atoms with Crippen LogP contribution in [-0.2, 0) is 17.6 Å². The third kappa shape index (κ3) is 3.66. The number of aromatic hydroxyl groups is 1. The molecule has 6 nitrogen and oxygen atoms in total. The first-order valence-corrected chi connectivity index (χ1v) is 9.76. The van der Waals surface area contributed by atoms with Crippen LogP contribution in [0.25, 0.3) is 22.2 Å². The number of aromatic nitrogens is 1. The molecule has 0 radical (unpaired) electrons. The molecule has 150 valence electrons. The highest BCUT2D eigenvalue weighted by Crippen LogP contribution is 2.39. The summed E-state index contributed by atoms with van der Waals surface area (Å²) in [6.45, 7) is 4.00. The molecular weight excluding hydrogens is 366 g/mol. The highest BCUT2D eigenvalue weighted by Gasteiger charge is 2.29. The van der Waals surface area contributed by atoms with E-state index in [1.54, 1.807) is 30.3 Å². The van der Waals surface area contributed by atoms with Crippen LogP contribution in [0.4, 0.5) is 5.69 Å². The molecule has 0 aliphatic heterocycles. The number of carbonyl (C=O) groups is 1. The van der Waals surface area contributed by atoms with Gasteiger partial charge in [0.2, 0.25) is 0 Å². The van der Waals surface area contributed by atoms with Crippen molar-refractivity contribution in [1.82, 2.24) is 4.98 Å². The average molecular weight is 391 g/mol. The summed E-state index contributed by atoms with van der Waals surface area (Å²) in [5.41, 5.74) is 11.4.